The highest BCUT2D eigenvalue weighted by atomic mass is 16.2. The number of benzene rings is 1. The number of nitrogens with zero attached hydrogens (tertiary/aromatic N) is 3. The topological polar surface area (TPSA) is 50.2 Å². The number of carbonyl (C=O) groups is 1. The van der Waals surface area contributed by atoms with Crippen LogP contribution in [0.25, 0.3) is 0 Å². The second-order valence-corrected chi connectivity index (χ2v) is 7.82. The molecule has 0 saturated carbocycles. The lowest BCUT2D eigenvalue weighted by Gasteiger charge is -2.33. The predicted octanol–water partition coefficient (Wildman–Crippen LogP) is 3.03. The van der Waals surface area contributed by atoms with Gasteiger partial charge in [-0.25, -0.2) is 9.78 Å². The minimum absolute atomic E-state index is 0.0845. The normalized spacial score (nSPS) is 19.6. The third kappa shape index (κ3) is 3.41. The van der Waals surface area contributed by atoms with Crippen LogP contribution in [0.2, 0.25) is 0 Å². The quantitative estimate of drug-likeness (QED) is 0.935. The molecule has 2 aromatic rings. The summed E-state index contributed by atoms with van der Waals surface area (Å²) in [6.45, 7) is 4.64. The van der Waals surface area contributed by atoms with E-state index in [-0.39, 0.29) is 11.4 Å². The molecule has 25 heavy (non-hydrogen) atoms. The molecule has 132 valence electrons. The number of hydrogen-bond acceptors (Lipinski definition) is 2. The Hall–Kier alpha value is -2.30. The first kappa shape index (κ1) is 16.2. The van der Waals surface area contributed by atoms with E-state index in [2.05, 4.69) is 46.1 Å². The Balaban J connectivity index is 1.27. The first-order valence-electron chi connectivity index (χ1n) is 9.20. The number of rotatable bonds is 3. The van der Waals surface area contributed by atoms with Gasteiger partial charge in [0, 0.05) is 38.1 Å². The number of urea groups is 1. The molecule has 1 fully saturated rings. The van der Waals surface area contributed by atoms with Gasteiger partial charge in [-0.2, -0.15) is 0 Å². The van der Waals surface area contributed by atoms with E-state index >= 15 is 0 Å². The van der Waals surface area contributed by atoms with Gasteiger partial charge in [0.25, 0.3) is 0 Å². The van der Waals surface area contributed by atoms with Crippen molar-refractivity contribution in [2.24, 2.45) is 5.41 Å². The summed E-state index contributed by atoms with van der Waals surface area (Å²) in [5.74, 6) is 0. The van der Waals surface area contributed by atoms with Crippen molar-refractivity contribution in [3.05, 3.63) is 54.1 Å². The third-order valence-corrected chi connectivity index (χ3v) is 5.72. The summed E-state index contributed by atoms with van der Waals surface area (Å²) in [7, 11) is 0. The Morgan fingerprint density at radius 3 is 2.52 bits per heavy atom. The number of piperidine rings is 1. The molecule has 1 aromatic carbocycles. The van der Waals surface area contributed by atoms with Gasteiger partial charge in [0.2, 0.25) is 0 Å². The number of carbonyl (C=O) groups excluding carboxylic acids is 1. The van der Waals surface area contributed by atoms with Crippen LogP contribution in [-0.2, 0) is 12.8 Å². The maximum atomic E-state index is 12.6. The Bertz CT molecular complexity index is 707. The predicted molar refractivity (Wildman–Crippen MR) is 97.4 cm³/mol. The molecular weight excluding hydrogens is 312 g/mol. The summed E-state index contributed by atoms with van der Waals surface area (Å²) >= 11 is 0. The fourth-order valence-corrected chi connectivity index (χ4v) is 4.26. The lowest BCUT2D eigenvalue weighted by Crippen LogP contribution is -2.47. The molecule has 2 aliphatic rings. The number of hydrogen-bond donors (Lipinski definition) is 1. The highest BCUT2D eigenvalue weighted by molar-refractivity contribution is 5.74. The summed E-state index contributed by atoms with van der Waals surface area (Å²) in [6.07, 6.45) is 9.79. The molecule has 1 aromatic heterocycles. The molecule has 4 rings (SSSR count). The molecule has 0 radical (unpaired) electrons. The number of aromatic nitrogens is 2. The van der Waals surface area contributed by atoms with Crippen LogP contribution in [0.15, 0.2) is 43.0 Å². The molecule has 0 bridgehead atoms. The van der Waals surface area contributed by atoms with Gasteiger partial charge < -0.3 is 14.8 Å². The van der Waals surface area contributed by atoms with E-state index < -0.39 is 0 Å². The van der Waals surface area contributed by atoms with Gasteiger partial charge in [0.1, 0.15) is 0 Å². The number of imidazole rings is 1. The lowest BCUT2D eigenvalue weighted by molar-refractivity contribution is 0.166. The lowest BCUT2D eigenvalue weighted by atomic mass is 9.87. The van der Waals surface area contributed by atoms with E-state index in [1.165, 1.54) is 11.1 Å². The van der Waals surface area contributed by atoms with Crippen LogP contribution in [0.3, 0.4) is 0 Å². The zero-order valence-electron chi connectivity index (χ0n) is 14.8. The number of fused-ring (bicyclic) bond motifs is 1. The first-order chi connectivity index (χ1) is 12.1. The molecule has 2 amide bonds. The van der Waals surface area contributed by atoms with Gasteiger partial charge in [0.05, 0.1) is 6.33 Å². The van der Waals surface area contributed by atoms with E-state index in [0.29, 0.717) is 6.04 Å². The summed E-state index contributed by atoms with van der Waals surface area (Å²) in [6, 6.07) is 9.18. The van der Waals surface area contributed by atoms with Crippen LogP contribution >= 0.6 is 0 Å². The van der Waals surface area contributed by atoms with Gasteiger partial charge in [-0.3, -0.25) is 0 Å². The van der Waals surface area contributed by atoms with Gasteiger partial charge in [-0.05, 0) is 42.2 Å². The van der Waals surface area contributed by atoms with Gasteiger partial charge in [-0.15, -0.1) is 0 Å². The van der Waals surface area contributed by atoms with Gasteiger partial charge in [0.15, 0.2) is 0 Å². The minimum Gasteiger partial charge on any atom is -0.337 e. The van der Waals surface area contributed by atoms with Gasteiger partial charge >= 0.3 is 6.03 Å². The minimum atomic E-state index is 0.0845. The Morgan fingerprint density at radius 1 is 1.24 bits per heavy atom. The van der Waals surface area contributed by atoms with Crippen molar-refractivity contribution >= 4 is 6.03 Å². The SMILES string of the molecule is CC1(CNC(=O)N2CCC(n3ccnc3)CC2)Cc2ccccc2C1. The zero-order chi connectivity index (χ0) is 17.3. The summed E-state index contributed by atoms with van der Waals surface area (Å²) < 4.78 is 2.16. The van der Waals surface area contributed by atoms with Crippen LogP contribution in [0.5, 0.6) is 0 Å². The molecule has 1 saturated heterocycles. The average molecular weight is 338 g/mol. The Labute approximate surface area is 149 Å². The largest absolute Gasteiger partial charge is 0.337 e. The average Bonchev–Trinajstić information content (AvgIpc) is 3.27. The second kappa shape index (κ2) is 6.54. The van der Waals surface area contributed by atoms with E-state index in [4.69, 9.17) is 0 Å². The molecule has 1 aliphatic heterocycles. The maximum Gasteiger partial charge on any atom is 0.317 e. The van der Waals surface area contributed by atoms with Crippen LogP contribution in [0.4, 0.5) is 4.79 Å². The molecule has 0 spiro atoms. The van der Waals surface area contributed by atoms with Crippen molar-refractivity contribution in [3.8, 4) is 0 Å². The van der Waals surface area contributed by atoms with Crippen molar-refractivity contribution in [3.63, 3.8) is 0 Å². The van der Waals surface area contributed by atoms with E-state index in [1.807, 2.05) is 23.6 Å². The highest BCUT2D eigenvalue weighted by Gasteiger charge is 2.33. The van der Waals surface area contributed by atoms with E-state index in [0.717, 1.165) is 45.3 Å². The Morgan fingerprint density at radius 2 is 1.92 bits per heavy atom. The fourth-order valence-electron chi connectivity index (χ4n) is 4.26. The van der Waals surface area contributed by atoms with Crippen LogP contribution in [0.1, 0.15) is 36.9 Å². The number of likely N-dealkylation sites (tertiary alicyclic amines) is 1. The zero-order valence-corrected chi connectivity index (χ0v) is 14.8. The highest BCUT2D eigenvalue weighted by Crippen LogP contribution is 2.36. The van der Waals surface area contributed by atoms with Crippen molar-refractivity contribution < 1.29 is 4.79 Å². The van der Waals surface area contributed by atoms with Crippen molar-refractivity contribution in [2.45, 2.75) is 38.6 Å². The van der Waals surface area contributed by atoms with Crippen molar-refractivity contribution in [1.29, 1.82) is 0 Å². The first-order valence-corrected chi connectivity index (χ1v) is 9.20. The number of amides is 2. The smallest absolute Gasteiger partial charge is 0.317 e. The van der Waals surface area contributed by atoms with E-state index in [1.54, 1.807) is 0 Å². The van der Waals surface area contributed by atoms with Crippen LogP contribution < -0.4 is 5.32 Å². The summed E-state index contributed by atoms with van der Waals surface area (Å²) in [5.41, 5.74) is 3.00. The molecule has 1 aliphatic carbocycles. The molecule has 1 N–H and O–H groups in total. The molecular formula is C20H26N4O. The fraction of sp³-hybridized carbons (Fsp3) is 0.500. The standard InChI is InChI=1S/C20H26N4O/c1-20(12-16-4-2-3-5-17(16)13-20)14-22-19(25)23-9-6-18(7-10-23)24-11-8-21-15-24/h2-5,8,11,15,18H,6-7,9-10,12-14H2,1H3,(H,22,25). The summed E-state index contributed by atoms with van der Waals surface area (Å²) in [5, 5.41) is 3.19. The summed E-state index contributed by atoms with van der Waals surface area (Å²) in [4.78, 5) is 18.6. The van der Waals surface area contributed by atoms with Crippen molar-refractivity contribution in [1.82, 2.24) is 19.8 Å². The van der Waals surface area contributed by atoms with Gasteiger partial charge in [-0.1, -0.05) is 31.2 Å². The Kier molecular flexibility index (Phi) is 4.24. The molecule has 0 unspecified atom stereocenters. The monoisotopic (exact) mass is 338 g/mol. The van der Waals surface area contributed by atoms with Crippen LogP contribution in [0, 0.1) is 5.41 Å². The number of nitrogens with one attached hydrogen (secondary N) is 1. The molecule has 2 heterocycles. The maximum absolute atomic E-state index is 12.6. The molecule has 5 nitrogen and oxygen atoms in total. The van der Waals surface area contributed by atoms with Crippen LogP contribution in [-0.4, -0.2) is 40.1 Å². The van der Waals surface area contributed by atoms with Crippen molar-refractivity contribution in [2.75, 3.05) is 19.6 Å². The van der Waals surface area contributed by atoms with E-state index in [9.17, 15) is 4.79 Å². The third-order valence-electron chi connectivity index (χ3n) is 5.72. The second-order valence-electron chi connectivity index (χ2n) is 7.82. The molecule has 0 atom stereocenters. The molecule has 5 heteroatoms.